The fourth-order valence-corrected chi connectivity index (χ4v) is 18.3. The zero-order chi connectivity index (χ0) is 91.8. The van der Waals surface area contributed by atoms with E-state index in [0.29, 0.717) is 134 Å². The van der Waals surface area contributed by atoms with Crippen LogP contribution in [0.25, 0.3) is 0 Å². The first-order chi connectivity index (χ1) is 59.5. The number of carboxylic acid groups (broad SMARTS) is 2. The fourth-order valence-electron chi connectivity index (χ4n) is 13.3. The molecule has 0 fully saturated rings. The van der Waals surface area contributed by atoms with Crippen LogP contribution < -0.4 is 20.5 Å². The van der Waals surface area contributed by atoms with Gasteiger partial charge in [-0.1, -0.05) is 106 Å². The maximum atomic E-state index is 12.8. The van der Waals surface area contributed by atoms with Crippen molar-refractivity contribution in [1.82, 2.24) is 29.5 Å². The second kappa shape index (κ2) is 56.1. The molecule has 32 nitrogen and oxygen atoms in total. The number of nitrogens with two attached hydrogens (primary N) is 1. The second-order valence-corrected chi connectivity index (χ2v) is 37.2. The molecule has 3 aliphatic heterocycles. The molecule has 0 saturated heterocycles. The van der Waals surface area contributed by atoms with Crippen molar-refractivity contribution in [3.8, 4) is 0 Å². The SMILES string of the molecule is CCOCCCC(=O)[C@@H](O)[C@H](O)C(=O)NCCOCCOCCOCCNS(=O)(=O)c1ccc([C@@H]2CN(C)Cc3c(Cl)cc(Cl)cc32)cc1.CCOCCOCCCS(=O)(=O)c1ccc([C@@H]2CN(C)Cc3c(Cl)cc(Cl)cc32)cc1.CN1Cc2c(Cl)cc(Cl)cc2[C@H](c2ccc(S(=O)(=O)NCCOCCOCCOCCN)cc2)C1.O=C(O)[C@@H](O)[C@H](O)C(=O)O. The third kappa shape index (κ3) is 36.5. The van der Waals surface area contributed by atoms with Crippen LogP contribution in [0.3, 0.4) is 0 Å². The van der Waals surface area contributed by atoms with Gasteiger partial charge in [-0.15, -0.1) is 0 Å². The number of ketones is 1. The van der Waals surface area contributed by atoms with Crippen LogP contribution in [0.15, 0.2) is 124 Å². The first-order valence-electron chi connectivity index (χ1n) is 40.4. The highest BCUT2D eigenvalue weighted by Crippen LogP contribution is 2.42. The number of amides is 1. The Morgan fingerprint density at radius 3 is 1.08 bits per heavy atom. The van der Waals surface area contributed by atoms with Gasteiger partial charge < -0.3 is 99.0 Å². The van der Waals surface area contributed by atoms with E-state index >= 15 is 0 Å². The number of benzene rings is 6. The summed E-state index contributed by atoms with van der Waals surface area (Å²) >= 11 is 38.2. The van der Waals surface area contributed by atoms with Gasteiger partial charge in [0.05, 0.1) is 113 Å². The molecule has 696 valence electrons. The summed E-state index contributed by atoms with van der Waals surface area (Å²) in [4.78, 5) is 50.7. The summed E-state index contributed by atoms with van der Waals surface area (Å²) < 4.78 is 129. The molecule has 0 bridgehead atoms. The number of carbonyl (C=O) groups is 4. The standard InChI is InChI=1S/C33H47Cl2N3O10S.C24H33Cl2N3O5S.C23H29Cl2NO4S.C4H6O6/c1-3-45-12-4-5-30(39)31(40)32(41)33(42)36-10-13-46-15-17-48-18-16-47-14-11-37-49(43,44)25-8-6-23(7-9-25)27-21-38(2)22-28-26(27)19-24(34)20-29(28)35;1-29-16-22(21-14-19(25)15-24(26)23(21)17-29)18-2-4-20(5-3-18)35(30,31)28-7-9-33-11-13-34-12-10-32-8-6-27;1-3-29-10-11-30-9-4-12-31(27,28)19-7-5-17(6-8-19)21-15-26(2)16-22-20(21)13-18(24)14-23(22)25;5-1(3(7)8)2(6)4(9)10/h6-9,19-20,27,31-32,37,40-41H,3-5,10-18,21-22H2,1-2H3,(H,36,42);2-5,14-15,22,28H,6-13,16-17,27H2,1H3;5-8,13-14,21H,3-4,9-12,15-16H2,1-2H3;1-2,5-6H,(H,7,8)(H,9,10)/t27-,31+,32-;22-;21-;1-,2-/m0000/s1. The number of hydrogen-bond donors (Lipinski definition) is 10. The number of aliphatic carboxylic acids is 2. The largest absolute Gasteiger partial charge is 0.479 e. The number of aliphatic hydroxyl groups excluding tert-OH is 4. The second-order valence-electron chi connectivity index (χ2n) is 29.1. The van der Waals surface area contributed by atoms with Gasteiger partial charge in [-0.25, -0.2) is 44.3 Å². The lowest BCUT2D eigenvalue weighted by Crippen LogP contribution is -2.46. The monoisotopic (exact) mass is 1930 g/mol. The number of rotatable bonds is 50. The zero-order valence-corrected chi connectivity index (χ0v) is 77.4. The van der Waals surface area contributed by atoms with Crippen LogP contribution in [-0.4, -0.2) is 310 Å². The van der Waals surface area contributed by atoms with Gasteiger partial charge in [0.1, 0.15) is 6.10 Å². The Hall–Kier alpha value is -5.77. The van der Waals surface area contributed by atoms with Gasteiger partial charge in [0, 0.05) is 146 Å². The molecule has 11 N–H and O–H groups in total. The minimum absolute atomic E-state index is 0.00285. The molecule has 0 spiro atoms. The van der Waals surface area contributed by atoms with E-state index in [1.807, 2.05) is 82.5 Å². The fraction of sp³-hybridized carbons (Fsp3) is 0.524. The molecule has 0 aliphatic carbocycles. The van der Waals surface area contributed by atoms with Crippen LogP contribution in [0.4, 0.5) is 0 Å². The van der Waals surface area contributed by atoms with Crippen LogP contribution in [-0.2, 0) is 111 Å². The van der Waals surface area contributed by atoms with Gasteiger partial charge >= 0.3 is 11.9 Å². The van der Waals surface area contributed by atoms with Crippen molar-refractivity contribution in [2.24, 2.45) is 5.73 Å². The molecule has 0 unspecified atom stereocenters. The van der Waals surface area contributed by atoms with Crippen molar-refractivity contribution >= 4 is 123 Å². The van der Waals surface area contributed by atoms with E-state index in [4.69, 9.17) is 138 Å². The van der Waals surface area contributed by atoms with E-state index in [0.717, 1.165) is 82.8 Å². The Labute approximate surface area is 761 Å². The lowest BCUT2D eigenvalue weighted by Gasteiger charge is -2.33. The van der Waals surface area contributed by atoms with Crippen molar-refractivity contribution in [3.63, 3.8) is 0 Å². The van der Waals surface area contributed by atoms with Crippen LogP contribution in [0, 0.1) is 0 Å². The number of fused-ring (bicyclic) bond motifs is 3. The van der Waals surface area contributed by atoms with Crippen molar-refractivity contribution in [2.45, 2.75) is 110 Å². The number of halogens is 6. The lowest BCUT2D eigenvalue weighted by atomic mass is 9.85. The van der Waals surface area contributed by atoms with E-state index in [1.165, 1.54) is 0 Å². The van der Waals surface area contributed by atoms with Gasteiger partial charge in [0.25, 0.3) is 5.91 Å². The Kier molecular flexibility index (Phi) is 48.4. The number of sulfonamides is 2. The Balaban J connectivity index is 0.000000281. The van der Waals surface area contributed by atoms with E-state index in [2.05, 4.69) is 36.5 Å². The topological polar surface area (TPSA) is 447 Å². The Morgan fingerprint density at radius 1 is 0.416 bits per heavy atom. The first-order valence-corrected chi connectivity index (χ1v) is 47.3. The van der Waals surface area contributed by atoms with Crippen LogP contribution in [0.2, 0.25) is 30.1 Å². The number of hydrogen-bond acceptors (Lipinski definition) is 27. The predicted octanol–water partition coefficient (Wildman–Crippen LogP) is 7.65. The average molecular weight is 1930 g/mol. The highest BCUT2D eigenvalue weighted by molar-refractivity contribution is 7.91. The van der Waals surface area contributed by atoms with Gasteiger partial charge in [-0.05, 0) is 171 Å². The first kappa shape index (κ1) is 108. The summed E-state index contributed by atoms with van der Waals surface area (Å²) in [5.41, 5.74) is 14.7. The summed E-state index contributed by atoms with van der Waals surface area (Å²) in [6, 6.07) is 32.1. The number of sulfone groups is 1. The molecule has 6 aromatic carbocycles. The van der Waals surface area contributed by atoms with Crippen LogP contribution >= 0.6 is 69.6 Å². The molecule has 0 radical (unpaired) electrons. The predicted molar refractivity (Wildman–Crippen MR) is 475 cm³/mol. The van der Waals surface area contributed by atoms with Crippen molar-refractivity contribution < 1.29 is 118 Å². The number of nitrogens with zero attached hydrogens (tertiary/aromatic N) is 3. The minimum Gasteiger partial charge on any atom is -0.479 e. The molecule has 7 atom stereocenters. The van der Waals surface area contributed by atoms with Gasteiger partial charge in [0.2, 0.25) is 20.0 Å². The van der Waals surface area contributed by atoms with E-state index < -0.39 is 77.9 Å². The molecule has 0 saturated carbocycles. The van der Waals surface area contributed by atoms with E-state index in [1.54, 1.807) is 54.6 Å². The van der Waals surface area contributed by atoms with E-state index in [9.17, 15) is 54.6 Å². The summed E-state index contributed by atoms with van der Waals surface area (Å²) in [6.45, 7) is 15.9. The van der Waals surface area contributed by atoms with E-state index in [-0.39, 0.29) is 106 Å². The molecule has 6 aromatic rings. The maximum Gasteiger partial charge on any atom is 0.335 e. The van der Waals surface area contributed by atoms with Crippen LogP contribution in [0.1, 0.15) is 101 Å². The number of likely N-dealkylation sites (N-methyl/N-ethyl adjacent to an activating group) is 3. The summed E-state index contributed by atoms with van der Waals surface area (Å²) in [5.74, 6) is -4.84. The summed E-state index contributed by atoms with van der Waals surface area (Å²) in [5, 5.41) is 58.4. The van der Waals surface area contributed by atoms with Crippen molar-refractivity contribution in [3.05, 3.63) is 189 Å². The minimum atomic E-state index is -3.73. The quantitative estimate of drug-likeness (QED) is 0.0164. The average Bonchev–Trinajstić information content (AvgIpc) is 0.778. The maximum absolute atomic E-state index is 12.8. The number of carbonyl (C=O) groups excluding carboxylic acids is 2. The van der Waals surface area contributed by atoms with Gasteiger partial charge in [-0.2, -0.15) is 0 Å². The smallest absolute Gasteiger partial charge is 0.335 e. The van der Waals surface area contributed by atoms with Crippen molar-refractivity contribution in [2.75, 3.05) is 192 Å². The van der Waals surface area contributed by atoms with Crippen LogP contribution in [0.5, 0.6) is 0 Å². The highest BCUT2D eigenvalue weighted by Gasteiger charge is 2.34. The molecule has 125 heavy (non-hydrogen) atoms. The normalized spacial score (nSPS) is 16.4. The third-order valence-electron chi connectivity index (χ3n) is 19.6. The highest BCUT2D eigenvalue weighted by atomic mass is 35.5. The number of carboxylic acids is 2. The van der Waals surface area contributed by atoms with Gasteiger partial charge in [0.15, 0.2) is 33.9 Å². The van der Waals surface area contributed by atoms with Gasteiger partial charge in [-0.3, -0.25) is 9.59 Å². The zero-order valence-electron chi connectivity index (χ0n) is 70.4. The molecule has 9 rings (SSSR count). The Bertz CT molecular complexity index is 4680. The molecular weight excluding hydrogens is 1820 g/mol. The summed E-state index contributed by atoms with van der Waals surface area (Å²) in [6.07, 6.45) is -7.35. The number of aliphatic hydroxyl groups is 4. The molecule has 0 aromatic heterocycles. The summed E-state index contributed by atoms with van der Waals surface area (Å²) in [7, 11) is -4.62. The van der Waals surface area contributed by atoms with Crippen molar-refractivity contribution in [1.29, 1.82) is 0 Å². The Morgan fingerprint density at radius 2 is 0.728 bits per heavy atom. The number of nitrogens with one attached hydrogen (secondary N) is 3. The lowest BCUT2D eigenvalue weighted by molar-refractivity contribution is -0.165. The molecule has 3 heterocycles. The third-order valence-corrected chi connectivity index (χ3v) is 26.0. The molecule has 3 aliphatic rings. The number of ether oxygens (including phenoxy) is 9. The number of Topliss-reactive ketones (excluding diaryl/α,β-unsaturated/α-hetero) is 1. The molecule has 41 heteroatoms. The molecular formula is C84H115Cl6N7O25S3. The molecule has 1 amide bonds.